The molecule has 7 nitrogen and oxygen atoms in total. The summed E-state index contributed by atoms with van der Waals surface area (Å²) in [6, 6.07) is 0.201. The number of aromatic nitrogens is 4. The van der Waals surface area contributed by atoms with Crippen molar-refractivity contribution in [3.05, 3.63) is 6.33 Å². The van der Waals surface area contributed by atoms with E-state index in [9.17, 15) is 0 Å². The van der Waals surface area contributed by atoms with Crippen LogP contribution in [0.15, 0.2) is 6.33 Å². The fraction of sp³-hybridized carbons (Fsp3) is 0.286. The minimum Gasteiger partial charge on any atom is -0.462 e. The Morgan fingerprint density at radius 3 is 3.07 bits per heavy atom. The lowest BCUT2D eigenvalue weighted by Gasteiger charge is -2.02. The van der Waals surface area contributed by atoms with Gasteiger partial charge in [0.1, 0.15) is 12.1 Å². The summed E-state index contributed by atoms with van der Waals surface area (Å²) in [4.78, 5) is 14.7. The van der Waals surface area contributed by atoms with Gasteiger partial charge in [-0.25, -0.2) is 4.98 Å². The smallest absolute Gasteiger partial charge is 0.320 e. The molecule has 2 heterocycles. The van der Waals surface area contributed by atoms with E-state index in [2.05, 4.69) is 19.9 Å². The maximum Gasteiger partial charge on any atom is 0.320 e. The number of nitrogen functional groups attached to an aromatic ring is 1. The van der Waals surface area contributed by atoms with Crippen LogP contribution < -0.4 is 16.2 Å². The van der Waals surface area contributed by atoms with Crippen molar-refractivity contribution in [2.24, 2.45) is 5.73 Å². The summed E-state index contributed by atoms with van der Waals surface area (Å²) in [6.45, 7) is 0.761. The van der Waals surface area contributed by atoms with Crippen molar-refractivity contribution in [3.8, 4) is 6.01 Å². The van der Waals surface area contributed by atoms with E-state index in [0.717, 1.165) is 0 Å². The molecule has 0 aliphatic rings. The fourth-order valence-electron chi connectivity index (χ4n) is 1.05. The number of ether oxygens (including phenoxy) is 1. The standard InChI is InChI=1S/C7H10N6O/c8-1-2-14-7-12-5(9)4-6(13-7)11-3-10-4/h3H,1-2,8H2,(H3,9,10,11,12,13). The number of nitrogens with one attached hydrogen (secondary N) is 1. The van der Waals surface area contributed by atoms with Crippen molar-refractivity contribution < 1.29 is 4.74 Å². The van der Waals surface area contributed by atoms with Crippen LogP contribution in [0.3, 0.4) is 0 Å². The van der Waals surface area contributed by atoms with E-state index >= 15 is 0 Å². The molecule has 14 heavy (non-hydrogen) atoms. The number of fused-ring (bicyclic) bond motifs is 1. The number of H-pyrrole nitrogens is 1. The second kappa shape index (κ2) is 3.46. The molecule has 0 bridgehead atoms. The maximum absolute atomic E-state index is 5.64. The zero-order valence-corrected chi connectivity index (χ0v) is 7.40. The van der Waals surface area contributed by atoms with E-state index in [1.165, 1.54) is 6.33 Å². The van der Waals surface area contributed by atoms with Crippen molar-refractivity contribution in [1.29, 1.82) is 0 Å². The highest BCUT2D eigenvalue weighted by Gasteiger charge is 2.07. The lowest BCUT2D eigenvalue weighted by molar-refractivity contribution is 0.304. The molecule has 0 radical (unpaired) electrons. The summed E-state index contributed by atoms with van der Waals surface area (Å²) in [6.07, 6.45) is 1.50. The number of imidazole rings is 1. The second-order valence-corrected chi connectivity index (χ2v) is 2.63. The summed E-state index contributed by atoms with van der Waals surface area (Å²) < 4.78 is 5.13. The minimum absolute atomic E-state index is 0.201. The Morgan fingerprint density at radius 2 is 2.29 bits per heavy atom. The number of rotatable bonds is 3. The Kier molecular flexibility index (Phi) is 2.15. The first kappa shape index (κ1) is 8.70. The Bertz CT molecular complexity index is 439. The average molecular weight is 194 g/mol. The van der Waals surface area contributed by atoms with Crippen LogP contribution in [0.4, 0.5) is 5.82 Å². The molecule has 0 spiro atoms. The monoisotopic (exact) mass is 194 g/mol. The van der Waals surface area contributed by atoms with Gasteiger partial charge >= 0.3 is 6.01 Å². The van der Waals surface area contributed by atoms with E-state index in [1.807, 2.05) is 0 Å². The van der Waals surface area contributed by atoms with Gasteiger partial charge in [0.25, 0.3) is 0 Å². The zero-order chi connectivity index (χ0) is 9.97. The molecule has 0 atom stereocenters. The molecule has 74 valence electrons. The van der Waals surface area contributed by atoms with Crippen LogP contribution in [0.25, 0.3) is 11.2 Å². The van der Waals surface area contributed by atoms with E-state index in [4.69, 9.17) is 16.2 Å². The topological polar surface area (TPSA) is 116 Å². The van der Waals surface area contributed by atoms with Crippen LogP contribution in [-0.4, -0.2) is 33.1 Å². The third-order valence-electron chi connectivity index (χ3n) is 1.64. The largest absolute Gasteiger partial charge is 0.462 e. The average Bonchev–Trinajstić information content (AvgIpc) is 2.63. The number of nitrogens with zero attached hydrogens (tertiary/aromatic N) is 3. The fourth-order valence-corrected chi connectivity index (χ4v) is 1.05. The van der Waals surface area contributed by atoms with Crippen LogP contribution in [0, 0.1) is 0 Å². The summed E-state index contributed by atoms with van der Waals surface area (Å²) in [5.74, 6) is 0.319. The molecule has 0 fully saturated rings. The van der Waals surface area contributed by atoms with Gasteiger partial charge in [-0.1, -0.05) is 0 Å². The van der Waals surface area contributed by atoms with E-state index in [-0.39, 0.29) is 6.01 Å². The van der Waals surface area contributed by atoms with Gasteiger partial charge < -0.3 is 21.2 Å². The van der Waals surface area contributed by atoms with Gasteiger partial charge in [0.05, 0.1) is 6.33 Å². The first-order valence-corrected chi connectivity index (χ1v) is 4.10. The van der Waals surface area contributed by atoms with E-state index in [0.29, 0.717) is 30.1 Å². The molecule has 0 amide bonds. The SMILES string of the molecule is NCCOc1nc(N)c2[nH]cnc2n1. The Morgan fingerprint density at radius 1 is 1.43 bits per heavy atom. The predicted octanol–water partition coefficient (Wildman–Crippen LogP) is -0.727. The normalized spacial score (nSPS) is 10.6. The molecule has 5 N–H and O–H groups in total. The minimum atomic E-state index is 0.201. The molecule has 0 aliphatic carbocycles. The van der Waals surface area contributed by atoms with Gasteiger partial charge in [0.2, 0.25) is 0 Å². The predicted molar refractivity (Wildman–Crippen MR) is 50.6 cm³/mol. The molecular formula is C7H10N6O. The van der Waals surface area contributed by atoms with Gasteiger partial charge in [-0.05, 0) is 0 Å². The number of hydrogen-bond acceptors (Lipinski definition) is 6. The first-order valence-electron chi connectivity index (χ1n) is 4.10. The Hall–Kier alpha value is -1.89. The lowest BCUT2D eigenvalue weighted by atomic mass is 10.5. The Balaban J connectivity index is 2.38. The van der Waals surface area contributed by atoms with Gasteiger partial charge in [-0.15, -0.1) is 0 Å². The quantitative estimate of drug-likeness (QED) is 0.593. The Labute approximate surface area is 79.5 Å². The number of nitrogens with two attached hydrogens (primary N) is 2. The van der Waals surface area contributed by atoms with E-state index in [1.54, 1.807) is 0 Å². The molecule has 2 rings (SSSR count). The van der Waals surface area contributed by atoms with Gasteiger partial charge in [-0.3, -0.25) is 0 Å². The molecule has 0 aromatic carbocycles. The van der Waals surface area contributed by atoms with Crippen molar-refractivity contribution in [1.82, 2.24) is 19.9 Å². The molecule has 2 aromatic rings. The summed E-state index contributed by atoms with van der Waals surface area (Å²) in [7, 11) is 0. The van der Waals surface area contributed by atoms with Crippen molar-refractivity contribution in [3.63, 3.8) is 0 Å². The second-order valence-electron chi connectivity index (χ2n) is 2.63. The molecule has 0 saturated carbocycles. The van der Waals surface area contributed by atoms with Crippen LogP contribution in [0.1, 0.15) is 0 Å². The first-order chi connectivity index (χ1) is 6.81. The van der Waals surface area contributed by atoms with Gasteiger partial charge in [0.15, 0.2) is 11.5 Å². The summed E-state index contributed by atoms with van der Waals surface area (Å²) in [5, 5.41) is 0. The number of hydrogen-bond donors (Lipinski definition) is 3. The number of aromatic amines is 1. The van der Waals surface area contributed by atoms with Crippen LogP contribution >= 0.6 is 0 Å². The van der Waals surface area contributed by atoms with Crippen LogP contribution in [-0.2, 0) is 0 Å². The highest BCUT2D eigenvalue weighted by molar-refractivity contribution is 5.81. The van der Waals surface area contributed by atoms with Crippen molar-refractivity contribution >= 4 is 17.0 Å². The zero-order valence-electron chi connectivity index (χ0n) is 7.40. The van der Waals surface area contributed by atoms with Crippen molar-refractivity contribution in [2.75, 3.05) is 18.9 Å². The van der Waals surface area contributed by atoms with Crippen LogP contribution in [0.5, 0.6) is 6.01 Å². The molecule has 0 saturated heterocycles. The lowest BCUT2D eigenvalue weighted by Crippen LogP contribution is -2.12. The highest BCUT2D eigenvalue weighted by atomic mass is 16.5. The summed E-state index contributed by atoms with van der Waals surface area (Å²) >= 11 is 0. The molecule has 2 aromatic heterocycles. The molecule has 7 heteroatoms. The maximum atomic E-state index is 5.64. The summed E-state index contributed by atoms with van der Waals surface area (Å²) in [5.41, 5.74) is 12.0. The van der Waals surface area contributed by atoms with Crippen LogP contribution in [0.2, 0.25) is 0 Å². The number of anilines is 1. The third-order valence-corrected chi connectivity index (χ3v) is 1.64. The van der Waals surface area contributed by atoms with E-state index < -0.39 is 0 Å². The molecule has 0 aliphatic heterocycles. The molecular weight excluding hydrogens is 184 g/mol. The molecule has 0 unspecified atom stereocenters. The highest BCUT2D eigenvalue weighted by Crippen LogP contribution is 2.15. The van der Waals surface area contributed by atoms with Gasteiger partial charge in [0, 0.05) is 6.54 Å². The third kappa shape index (κ3) is 1.44. The van der Waals surface area contributed by atoms with Gasteiger partial charge in [-0.2, -0.15) is 9.97 Å². The van der Waals surface area contributed by atoms with Crippen molar-refractivity contribution in [2.45, 2.75) is 0 Å².